The molecular weight excluding hydrogens is 324 g/mol. The molecule has 2 aliphatic rings. The van der Waals surface area contributed by atoms with E-state index < -0.39 is 17.3 Å². The predicted octanol–water partition coefficient (Wildman–Crippen LogP) is 0.113. The molecule has 0 aromatic heterocycles. The number of aliphatic hydroxyl groups excluding tert-OH is 1. The Morgan fingerprint density at radius 1 is 1.20 bits per heavy atom. The average Bonchev–Trinajstić information content (AvgIpc) is 3.12. The minimum Gasteiger partial charge on any atom is -0.481 e. The number of benzene rings is 1. The van der Waals surface area contributed by atoms with Gasteiger partial charge >= 0.3 is 5.97 Å². The van der Waals surface area contributed by atoms with Gasteiger partial charge in [0.2, 0.25) is 11.8 Å². The second-order valence-electron chi connectivity index (χ2n) is 6.79. The molecule has 0 bridgehead atoms. The first-order chi connectivity index (χ1) is 11.9. The molecule has 7 nitrogen and oxygen atoms in total. The molecular formula is C18H22N2O5. The lowest BCUT2D eigenvalue weighted by Crippen LogP contribution is -2.42. The number of carbonyl (C=O) groups excluding carboxylic acids is 2. The van der Waals surface area contributed by atoms with Gasteiger partial charge in [0, 0.05) is 26.2 Å². The van der Waals surface area contributed by atoms with Crippen LogP contribution in [0.2, 0.25) is 0 Å². The molecule has 0 aliphatic carbocycles. The Kier molecular flexibility index (Phi) is 4.51. The first-order valence-electron chi connectivity index (χ1n) is 8.40. The third-order valence-corrected chi connectivity index (χ3v) is 5.35. The molecule has 2 amide bonds. The normalized spacial score (nSPS) is 25.4. The Bertz CT molecular complexity index is 702. The van der Waals surface area contributed by atoms with Crippen LogP contribution in [0, 0.1) is 11.3 Å². The molecule has 134 valence electrons. The van der Waals surface area contributed by atoms with Gasteiger partial charge in [-0.15, -0.1) is 0 Å². The molecule has 25 heavy (non-hydrogen) atoms. The topological polar surface area (TPSA) is 98.2 Å². The summed E-state index contributed by atoms with van der Waals surface area (Å²) in [6, 6.07) is 7.06. The van der Waals surface area contributed by atoms with Crippen molar-refractivity contribution in [2.75, 3.05) is 26.2 Å². The molecule has 1 aromatic rings. The number of fused-ring (bicyclic) bond motifs is 1. The molecule has 1 aromatic carbocycles. The molecule has 0 radical (unpaired) electrons. The molecule has 3 rings (SSSR count). The van der Waals surface area contributed by atoms with Gasteiger partial charge in [-0.1, -0.05) is 24.3 Å². The van der Waals surface area contributed by atoms with Crippen molar-refractivity contribution in [1.29, 1.82) is 0 Å². The summed E-state index contributed by atoms with van der Waals surface area (Å²) in [5, 5.41) is 18.8. The van der Waals surface area contributed by atoms with E-state index in [1.807, 2.05) is 6.92 Å². The Morgan fingerprint density at radius 3 is 2.36 bits per heavy atom. The number of carboxylic acids is 1. The molecule has 2 atom stereocenters. The van der Waals surface area contributed by atoms with Crippen molar-refractivity contribution in [3.05, 3.63) is 35.4 Å². The van der Waals surface area contributed by atoms with Crippen molar-refractivity contribution in [1.82, 2.24) is 9.80 Å². The summed E-state index contributed by atoms with van der Waals surface area (Å²) >= 11 is 0. The largest absolute Gasteiger partial charge is 0.481 e. The van der Waals surface area contributed by atoms with E-state index in [9.17, 15) is 19.5 Å². The van der Waals surface area contributed by atoms with E-state index in [1.165, 1.54) is 4.90 Å². The smallest absolute Gasteiger partial charge is 0.314 e. The third kappa shape index (κ3) is 2.89. The summed E-state index contributed by atoms with van der Waals surface area (Å²) in [5.41, 5.74) is 0.371. The van der Waals surface area contributed by atoms with Crippen LogP contribution in [0.25, 0.3) is 0 Å². The lowest BCUT2D eigenvalue weighted by Gasteiger charge is -2.24. The zero-order valence-electron chi connectivity index (χ0n) is 14.1. The van der Waals surface area contributed by atoms with Crippen molar-refractivity contribution in [2.45, 2.75) is 20.0 Å². The number of aliphatic carboxylic acids is 1. The van der Waals surface area contributed by atoms with E-state index in [0.29, 0.717) is 6.54 Å². The van der Waals surface area contributed by atoms with Crippen LogP contribution in [0.3, 0.4) is 0 Å². The highest BCUT2D eigenvalue weighted by molar-refractivity contribution is 5.94. The van der Waals surface area contributed by atoms with Crippen molar-refractivity contribution in [3.63, 3.8) is 0 Å². The predicted molar refractivity (Wildman–Crippen MR) is 88.5 cm³/mol. The van der Waals surface area contributed by atoms with Crippen LogP contribution in [-0.2, 0) is 27.4 Å². The number of carboxylic acid groups (broad SMARTS) is 1. The van der Waals surface area contributed by atoms with Gasteiger partial charge in [0.05, 0.1) is 18.9 Å². The van der Waals surface area contributed by atoms with Gasteiger partial charge in [-0.25, -0.2) is 0 Å². The number of hydrogen-bond acceptors (Lipinski definition) is 4. The van der Waals surface area contributed by atoms with Crippen molar-refractivity contribution >= 4 is 17.8 Å². The van der Waals surface area contributed by atoms with Gasteiger partial charge in [-0.05, 0) is 18.1 Å². The van der Waals surface area contributed by atoms with E-state index in [2.05, 4.69) is 0 Å². The lowest BCUT2D eigenvalue weighted by atomic mass is 9.81. The van der Waals surface area contributed by atoms with Gasteiger partial charge in [0.1, 0.15) is 5.41 Å². The van der Waals surface area contributed by atoms with Gasteiger partial charge in [0.25, 0.3) is 0 Å². The Morgan fingerprint density at radius 2 is 1.84 bits per heavy atom. The van der Waals surface area contributed by atoms with Crippen LogP contribution in [0.5, 0.6) is 0 Å². The Hall–Kier alpha value is -2.41. The van der Waals surface area contributed by atoms with Crippen LogP contribution in [0.15, 0.2) is 24.3 Å². The fraction of sp³-hybridized carbons (Fsp3) is 0.500. The van der Waals surface area contributed by atoms with E-state index in [1.54, 1.807) is 29.2 Å². The highest BCUT2D eigenvalue weighted by Crippen LogP contribution is 2.43. The quantitative estimate of drug-likeness (QED) is 0.789. The molecule has 2 N–H and O–H groups in total. The molecule has 2 fully saturated rings. The van der Waals surface area contributed by atoms with Crippen molar-refractivity contribution in [2.24, 2.45) is 11.3 Å². The van der Waals surface area contributed by atoms with E-state index in [-0.39, 0.29) is 44.5 Å². The Balaban J connectivity index is 1.73. The Labute approximate surface area is 145 Å². The SMILES string of the molecule is CCN1C[C@@]2(C(=O)O)CN(C(=O)Cc3ccc(CO)cc3)C[C@H]2C1=O. The number of hydrogen-bond donors (Lipinski definition) is 2. The van der Waals surface area contributed by atoms with Gasteiger partial charge < -0.3 is 20.0 Å². The highest BCUT2D eigenvalue weighted by Gasteiger charge is 2.62. The minimum absolute atomic E-state index is 0.0563. The molecule has 0 saturated carbocycles. The maximum atomic E-state index is 12.6. The summed E-state index contributed by atoms with van der Waals surface area (Å²) in [4.78, 5) is 39.9. The first kappa shape index (κ1) is 17.4. The highest BCUT2D eigenvalue weighted by atomic mass is 16.4. The molecule has 2 heterocycles. The van der Waals surface area contributed by atoms with E-state index in [0.717, 1.165) is 11.1 Å². The van der Waals surface area contributed by atoms with E-state index in [4.69, 9.17) is 5.11 Å². The van der Waals surface area contributed by atoms with Gasteiger partial charge in [-0.3, -0.25) is 14.4 Å². The zero-order chi connectivity index (χ0) is 18.2. The second kappa shape index (κ2) is 6.48. The summed E-state index contributed by atoms with van der Waals surface area (Å²) in [6.45, 7) is 2.65. The van der Waals surface area contributed by atoms with Crippen LogP contribution < -0.4 is 0 Å². The number of carbonyl (C=O) groups is 3. The number of rotatable bonds is 5. The fourth-order valence-electron chi connectivity index (χ4n) is 3.81. The van der Waals surface area contributed by atoms with Crippen LogP contribution >= 0.6 is 0 Å². The van der Waals surface area contributed by atoms with E-state index >= 15 is 0 Å². The fourth-order valence-corrected chi connectivity index (χ4v) is 3.81. The number of amides is 2. The maximum Gasteiger partial charge on any atom is 0.314 e. The third-order valence-electron chi connectivity index (χ3n) is 5.35. The van der Waals surface area contributed by atoms with Crippen molar-refractivity contribution < 1.29 is 24.6 Å². The van der Waals surface area contributed by atoms with Gasteiger partial charge in [0.15, 0.2) is 0 Å². The zero-order valence-corrected chi connectivity index (χ0v) is 14.1. The van der Waals surface area contributed by atoms with Crippen molar-refractivity contribution in [3.8, 4) is 0 Å². The number of aliphatic hydroxyl groups is 1. The minimum atomic E-state index is -1.19. The standard InChI is InChI=1S/C18H22N2O5/c1-2-19-10-18(17(24)25)11-20(8-14(18)16(19)23)15(22)7-12-3-5-13(9-21)6-4-12/h3-6,14,21H,2,7-11H2,1H3,(H,24,25)/t14-,18+/m0/s1. The summed E-state index contributed by atoms with van der Waals surface area (Å²) in [5.74, 6) is -2.02. The molecule has 0 unspecified atom stereocenters. The first-order valence-corrected chi connectivity index (χ1v) is 8.40. The number of nitrogens with zero attached hydrogens (tertiary/aromatic N) is 2. The monoisotopic (exact) mass is 346 g/mol. The summed E-state index contributed by atoms with van der Waals surface area (Å²) < 4.78 is 0. The summed E-state index contributed by atoms with van der Waals surface area (Å²) in [6.07, 6.45) is 0.153. The molecule has 7 heteroatoms. The number of likely N-dealkylation sites (tertiary alicyclic amines) is 2. The maximum absolute atomic E-state index is 12.6. The molecule has 2 saturated heterocycles. The van der Waals surface area contributed by atoms with Crippen LogP contribution in [0.1, 0.15) is 18.1 Å². The lowest BCUT2D eigenvalue weighted by molar-refractivity contribution is -0.150. The average molecular weight is 346 g/mol. The van der Waals surface area contributed by atoms with Crippen LogP contribution in [-0.4, -0.2) is 64.0 Å². The summed E-state index contributed by atoms with van der Waals surface area (Å²) in [7, 11) is 0. The molecule has 0 spiro atoms. The van der Waals surface area contributed by atoms with Gasteiger partial charge in [-0.2, -0.15) is 0 Å². The second-order valence-corrected chi connectivity index (χ2v) is 6.79. The van der Waals surface area contributed by atoms with Crippen LogP contribution in [0.4, 0.5) is 0 Å². The molecule has 2 aliphatic heterocycles.